The molecule has 0 saturated heterocycles. The summed E-state index contributed by atoms with van der Waals surface area (Å²) in [5, 5.41) is 9.35. The molecule has 0 fully saturated rings. The molecule has 21 N–H and O–H groups in total. The Balaban J connectivity index is 0.000000239. The quantitative estimate of drug-likeness (QED) is 0.0141. The highest BCUT2D eigenvalue weighted by Crippen LogP contribution is 2.32. The average molecular weight is 1630 g/mol. The van der Waals surface area contributed by atoms with Crippen LogP contribution in [0.3, 0.4) is 0 Å². The Morgan fingerprint density at radius 3 is 1.39 bits per heavy atom. The highest BCUT2D eigenvalue weighted by Gasteiger charge is 2.35. The number of quaternary nitrogens is 3. The third-order valence-corrected chi connectivity index (χ3v) is 21.7. The molecule has 25 nitrogen and oxygen atoms in total. The zero-order valence-electron chi connectivity index (χ0n) is 66.1. The first-order valence-electron chi connectivity index (χ1n) is 39.1. The van der Waals surface area contributed by atoms with Gasteiger partial charge < -0.3 is 90.2 Å². The van der Waals surface area contributed by atoms with Crippen LogP contribution < -0.4 is 67.6 Å². The van der Waals surface area contributed by atoms with Gasteiger partial charge in [-0.15, -0.1) is 11.3 Å². The summed E-state index contributed by atoms with van der Waals surface area (Å²) in [6.45, 7) is 10.7. The summed E-state index contributed by atoms with van der Waals surface area (Å²) in [4.78, 5) is 79.3. The maximum Gasteiger partial charge on any atom is 0.416 e. The molecule has 6 aromatic carbocycles. The van der Waals surface area contributed by atoms with Gasteiger partial charge in [-0.05, 0) is 129 Å². The van der Waals surface area contributed by atoms with Crippen molar-refractivity contribution in [3.05, 3.63) is 196 Å². The van der Waals surface area contributed by atoms with E-state index in [-0.39, 0.29) is 55.8 Å². The maximum atomic E-state index is 13.3. The van der Waals surface area contributed by atoms with Gasteiger partial charge in [0.2, 0.25) is 29.5 Å². The normalized spacial score (nSPS) is 14.1. The Labute approximate surface area is 673 Å². The van der Waals surface area contributed by atoms with Crippen LogP contribution in [0.1, 0.15) is 89.2 Å². The van der Waals surface area contributed by atoms with E-state index in [4.69, 9.17) is 60.8 Å². The second kappa shape index (κ2) is 45.5. The first kappa shape index (κ1) is 93.2. The SMILES string of the molecule is C[N+](CCN)(CCN)CCC[C@H](N)C(=O)N[C@@H](Cc1ccc(C(F)(F)F)cc1)C(=O)Cc1nc2ccccc2o1.C[N+](CCN)(CCN)CCC[C@H](N)C(=O)N[C@H](CCc1ccccc1)C(=O)Cc1nc2ccccc2s1.C[N+](CCN)(CCN)CCC[C@H](N)C(=O)N[C@H](Cc1ccc(C(F)(F)F)cc1)C1=Nc2ccccc2CO1. The number of likely N-dealkylation sites (N-methyl/N-ethyl adjacent to an activating group) is 3. The predicted octanol–water partition coefficient (Wildman–Crippen LogP) is 6.62. The van der Waals surface area contributed by atoms with Crippen molar-refractivity contribution in [2.24, 2.45) is 56.6 Å². The van der Waals surface area contributed by atoms with Crippen molar-refractivity contribution >= 4 is 73.5 Å². The number of benzene rings is 6. The van der Waals surface area contributed by atoms with E-state index in [1.165, 1.54) is 35.6 Å². The molecule has 8 aromatic rings. The van der Waals surface area contributed by atoms with E-state index in [9.17, 15) is 50.3 Å². The number of hydrogen-bond donors (Lipinski definition) is 12. The zero-order chi connectivity index (χ0) is 83.8. The molecule has 2 aromatic heterocycles. The van der Waals surface area contributed by atoms with E-state index in [1.54, 1.807) is 24.3 Å². The molecule has 1 aliphatic rings. The lowest BCUT2D eigenvalue weighted by molar-refractivity contribution is -0.907. The molecule has 0 bridgehead atoms. The standard InChI is InChI=1S/C28H37F3N6O3.C28H40N6O2S.C27H37F3N6O2/c1-37(15-12-32,16-13-33)14-4-5-21(34)27(39)36-23(17-19-8-10-20(11-9-19)28(29,30)31)24(38)18-26-35-22-6-2-3-7-25(22)40-26;1-34(18-15-29,19-16-30)17-7-10-22(31)28(36)33-23(14-13-21-8-3-2-4-9-21)25(35)20-27-32-24-11-5-6-12-26(24)37-27;1-36(15-12-31,16-13-32)14-4-6-22(33)25(37)34-24(17-19-8-10-21(11-9-19)27(28,29)30)26-35-23-7-3-2-5-20(23)18-38-26/h2-3,6-11,21,23H,4-5,12-18,32-34H2,1H3;2-6,8-9,11-12,22-23H,7,10,13-20,29-31H2,1H3;2-3,5,7-11,22,24H,4,6,12-18,31-33H2,1H3/p+3/t21-,23-;22-,23+;22-,24+/m000/s1. The highest BCUT2D eigenvalue weighted by atomic mass is 32.1. The summed E-state index contributed by atoms with van der Waals surface area (Å²) in [7, 11) is 6.27. The number of hydrogen-bond acceptors (Lipinski definition) is 20. The number of aryl methyl sites for hydroxylation is 1. The van der Waals surface area contributed by atoms with Crippen molar-refractivity contribution in [3.63, 3.8) is 0 Å². The molecule has 115 heavy (non-hydrogen) atoms. The number of rotatable bonds is 44. The van der Waals surface area contributed by atoms with Crippen LogP contribution in [-0.2, 0) is 79.8 Å². The summed E-state index contributed by atoms with van der Waals surface area (Å²) in [5.74, 6) is -1.16. The van der Waals surface area contributed by atoms with Crippen molar-refractivity contribution in [1.82, 2.24) is 25.9 Å². The van der Waals surface area contributed by atoms with E-state index in [1.807, 2.05) is 78.9 Å². The van der Waals surface area contributed by atoms with Gasteiger partial charge >= 0.3 is 12.4 Å². The number of alkyl halides is 6. The minimum Gasteiger partial charge on any atom is -0.474 e. The van der Waals surface area contributed by atoms with Crippen molar-refractivity contribution < 1.29 is 72.9 Å². The van der Waals surface area contributed by atoms with Crippen molar-refractivity contribution in [3.8, 4) is 0 Å². The minimum absolute atomic E-state index is 0.0163. The molecular formula is C83H117F6N18O7S+3. The van der Waals surface area contributed by atoms with Gasteiger partial charge in [0.05, 0.1) is 150 Å². The number of oxazole rings is 1. The molecule has 0 spiro atoms. The van der Waals surface area contributed by atoms with E-state index in [0.29, 0.717) is 121 Å². The summed E-state index contributed by atoms with van der Waals surface area (Å²) >= 11 is 1.52. The van der Waals surface area contributed by atoms with Crippen LogP contribution in [0.25, 0.3) is 21.3 Å². The lowest BCUT2D eigenvalue weighted by Gasteiger charge is -2.34. The molecule has 32 heteroatoms. The molecule has 6 atom stereocenters. The fraction of sp³-hybridized carbons (Fsp3) is 0.470. The first-order valence-corrected chi connectivity index (χ1v) is 39.9. The van der Waals surface area contributed by atoms with E-state index < -0.39 is 71.4 Å². The second-order valence-corrected chi connectivity index (χ2v) is 31.3. The number of ketones is 2. The third-order valence-electron chi connectivity index (χ3n) is 20.6. The Morgan fingerprint density at radius 2 is 0.904 bits per heavy atom. The largest absolute Gasteiger partial charge is 0.474 e. The Kier molecular flexibility index (Phi) is 36.9. The Morgan fingerprint density at radius 1 is 0.470 bits per heavy atom. The number of nitrogens with one attached hydrogen (secondary N) is 3. The number of amides is 3. The Bertz CT molecular complexity index is 4280. The van der Waals surface area contributed by atoms with E-state index in [0.717, 1.165) is 126 Å². The molecule has 0 radical (unpaired) electrons. The van der Waals surface area contributed by atoms with Crippen LogP contribution >= 0.6 is 11.3 Å². The third kappa shape index (κ3) is 30.5. The molecule has 9 rings (SSSR count). The monoisotopic (exact) mass is 1620 g/mol. The summed E-state index contributed by atoms with van der Waals surface area (Å²) in [6.07, 6.45) is -4.07. The van der Waals surface area contributed by atoms with E-state index in [2.05, 4.69) is 52.1 Å². The van der Waals surface area contributed by atoms with Gasteiger partial charge in [-0.1, -0.05) is 97.1 Å². The van der Waals surface area contributed by atoms with Gasteiger partial charge in [0, 0.05) is 51.3 Å². The number of fused-ring (bicyclic) bond motifs is 3. The number of nitrogens with two attached hydrogens (primary N) is 9. The fourth-order valence-corrected chi connectivity index (χ4v) is 14.8. The zero-order valence-corrected chi connectivity index (χ0v) is 66.9. The number of halogens is 6. The molecule has 626 valence electrons. The van der Waals surface area contributed by atoms with Crippen LogP contribution in [-0.4, -0.2) is 214 Å². The molecular weight excluding hydrogens is 1510 g/mol. The van der Waals surface area contributed by atoms with Crippen molar-refractivity contribution in [2.75, 3.05) is 119 Å². The van der Waals surface area contributed by atoms with Crippen LogP contribution in [0.4, 0.5) is 32.0 Å². The van der Waals surface area contributed by atoms with Crippen LogP contribution in [0, 0.1) is 0 Å². The number of nitrogens with zero attached hydrogens (tertiary/aromatic N) is 6. The van der Waals surface area contributed by atoms with Gasteiger partial charge in [0.25, 0.3) is 0 Å². The predicted molar refractivity (Wildman–Crippen MR) is 439 cm³/mol. The number of aromatic nitrogens is 2. The van der Waals surface area contributed by atoms with Gasteiger partial charge in [-0.25, -0.2) is 15.0 Å². The smallest absolute Gasteiger partial charge is 0.416 e. The maximum absolute atomic E-state index is 13.3. The number of para-hydroxylation sites is 4. The van der Waals surface area contributed by atoms with Crippen LogP contribution in [0.2, 0.25) is 0 Å². The van der Waals surface area contributed by atoms with Crippen molar-refractivity contribution in [2.45, 2.75) is 132 Å². The lowest BCUT2D eigenvalue weighted by Crippen LogP contribution is -2.52. The molecule has 1 aliphatic heterocycles. The number of carbonyl (C=O) groups excluding carboxylic acids is 5. The number of ether oxygens (including phenoxy) is 1. The second-order valence-electron chi connectivity index (χ2n) is 30.2. The summed E-state index contributed by atoms with van der Waals surface area (Å²) in [5.41, 5.74) is 57.4. The number of thiazole rings is 1. The van der Waals surface area contributed by atoms with E-state index >= 15 is 0 Å². The molecule has 0 saturated carbocycles. The molecule has 3 amide bonds. The van der Waals surface area contributed by atoms with Gasteiger partial charge in [-0.3, -0.25) is 24.0 Å². The summed E-state index contributed by atoms with van der Waals surface area (Å²) < 4.78 is 92.8. The molecule has 0 unspecified atom stereocenters. The van der Waals surface area contributed by atoms with Gasteiger partial charge in [0.15, 0.2) is 17.1 Å². The average Bonchev–Trinajstić information content (AvgIpc) is 1.74. The minimum atomic E-state index is -4.48. The first-order chi connectivity index (χ1) is 54.8. The number of carbonyl (C=O) groups is 5. The van der Waals surface area contributed by atoms with Crippen LogP contribution in [0.5, 0.6) is 0 Å². The van der Waals surface area contributed by atoms with Crippen molar-refractivity contribution in [1.29, 1.82) is 0 Å². The Hall–Kier alpha value is -9.00. The number of aliphatic imine (C=N–C) groups is 1. The van der Waals surface area contributed by atoms with Gasteiger partial charge in [0.1, 0.15) is 23.2 Å². The fourth-order valence-electron chi connectivity index (χ4n) is 13.8. The highest BCUT2D eigenvalue weighted by molar-refractivity contribution is 7.18. The van der Waals surface area contributed by atoms with Crippen LogP contribution in [0.15, 0.2) is 161 Å². The molecule has 3 heterocycles. The lowest BCUT2D eigenvalue weighted by atomic mass is 9.98. The number of Topliss-reactive ketones (excluding diaryl/α,β-unsaturated/α-hetero) is 2. The topological polar surface area (TPSA) is 416 Å². The van der Waals surface area contributed by atoms with Gasteiger partial charge in [-0.2, -0.15) is 26.3 Å². The molecule has 0 aliphatic carbocycles. The summed E-state index contributed by atoms with van der Waals surface area (Å²) in [6, 6.07) is 37.0.